The minimum Gasteiger partial charge on any atom is -0.496 e. The number of hydrogen-bond donors (Lipinski definition) is 0. The highest BCUT2D eigenvalue weighted by Gasteiger charge is 2.35. The molecule has 5 rings (SSSR count). The molecule has 7 nitrogen and oxygen atoms in total. The van der Waals surface area contributed by atoms with Gasteiger partial charge in [-0.2, -0.15) is 0 Å². The largest absolute Gasteiger partial charge is 0.496 e. The van der Waals surface area contributed by atoms with E-state index in [4.69, 9.17) is 37.4 Å². The summed E-state index contributed by atoms with van der Waals surface area (Å²) in [6, 6.07) is 19.1. The smallest absolute Gasteiger partial charge is 0.338 e. The van der Waals surface area contributed by atoms with Crippen molar-refractivity contribution in [1.29, 1.82) is 0 Å². The van der Waals surface area contributed by atoms with Gasteiger partial charge in [0, 0.05) is 21.2 Å². The molecule has 1 aliphatic heterocycles. The Balaban J connectivity index is 1.59. The normalized spacial score (nSPS) is 14.9. The van der Waals surface area contributed by atoms with Crippen molar-refractivity contribution in [2.45, 2.75) is 19.6 Å². The number of nitrogens with zero attached hydrogens (tertiary/aromatic N) is 2. The fourth-order valence-corrected chi connectivity index (χ4v) is 5.95. The number of esters is 1. The minimum atomic E-state index is -0.843. The maximum atomic E-state index is 13.9. The SMILES string of the molecule is COC(=O)C1=C(C)N=c2s/c(=C\c3cccc(OCc4ccccc4Cl)c3)c(=O)n2[C@@H]1c1cc(Cl)ccc1OC. The number of hydrogen-bond acceptors (Lipinski definition) is 7. The highest BCUT2D eigenvalue weighted by molar-refractivity contribution is 7.07. The van der Waals surface area contributed by atoms with E-state index >= 15 is 0 Å². The van der Waals surface area contributed by atoms with Crippen LogP contribution < -0.4 is 24.4 Å². The van der Waals surface area contributed by atoms with Gasteiger partial charge in [-0.15, -0.1) is 0 Å². The number of fused-ring (bicyclic) bond motifs is 1. The van der Waals surface area contributed by atoms with Crippen molar-refractivity contribution in [3.05, 3.63) is 124 Å². The third-order valence-electron chi connectivity index (χ3n) is 6.42. The number of carbonyl (C=O) groups excluding carboxylic acids is 1. The number of rotatable bonds is 7. The molecule has 4 aromatic rings. The summed E-state index contributed by atoms with van der Waals surface area (Å²) in [6.45, 7) is 2.02. The molecule has 40 heavy (non-hydrogen) atoms. The predicted molar refractivity (Wildman–Crippen MR) is 156 cm³/mol. The van der Waals surface area contributed by atoms with E-state index in [0.717, 1.165) is 11.1 Å². The van der Waals surface area contributed by atoms with Crippen LogP contribution in [0.2, 0.25) is 10.0 Å². The van der Waals surface area contributed by atoms with Gasteiger partial charge in [-0.1, -0.05) is 64.9 Å². The number of thiazole rings is 1. The summed E-state index contributed by atoms with van der Waals surface area (Å²) in [7, 11) is 2.81. The first-order valence-electron chi connectivity index (χ1n) is 12.2. The van der Waals surface area contributed by atoms with Gasteiger partial charge in [-0.05, 0) is 55.0 Å². The maximum Gasteiger partial charge on any atom is 0.338 e. The van der Waals surface area contributed by atoms with Gasteiger partial charge in [0.1, 0.15) is 24.1 Å². The van der Waals surface area contributed by atoms with E-state index in [9.17, 15) is 9.59 Å². The second kappa shape index (κ2) is 11.7. The Labute approximate surface area is 244 Å². The third-order valence-corrected chi connectivity index (χ3v) is 8.01. The molecule has 0 spiro atoms. The summed E-state index contributed by atoms with van der Waals surface area (Å²) in [5, 5.41) is 1.07. The lowest BCUT2D eigenvalue weighted by Crippen LogP contribution is -2.40. The van der Waals surface area contributed by atoms with Gasteiger partial charge in [0.2, 0.25) is 0 Å². The number of methoxy groups -OCH3 is 2. The van der Waals surface area contributed by atoms with Crippen LogP contribution in [-0.4, -0.2) is 24.8 Å². The van der Waals surface area contributed by atoms with E-state index in [-0.39, 0.29) is 11.1 Å². The predicted octanol–water partition coefficient (Wildman–Crippen LogP) is 5.30. The third kappa shape index (κ3) is 5.43. The van der Waals surface area contributed by atoms with Crippen LogP contribution in [0, 0.1) is 0 Å². The topological polar surface area (TPSA) is 79.1 Å². The van der Waals surface area contributed by atoms with Gasteiger partial charge in [-0.3, -0.25) is 9.36 Å². The fraction of sp³-hybridized carbons (Fsp3) is 0.167. The average molecular weight is 596 g/mol. The Morgan fingerprint density at radius 2 is 1.88 bits per heavy atom. The van der Waals surface area contributed by atoms with Crippen LogP contribution in [0.1, 0.15) is 29.7 Å². The lowest BCUT2D eigenvalue weighted by molar-refractivity contribution is -0.136. The summed E-state index contributed by atoms with van der Waals surface area (Å²) in [5.74, 6) is 0.515. The van der Waals surface area contributed by atoms with E-state index in [0.29, 0.717) is 48.7 Å². The molecule has 0 saturated carbocycles. The van der Waals surface area contributed by atoms with Gasteiger partial charge in [0.05, 0.1) is 30.0 Å². The molecule has 0 unspecified atom stereocenters. The molecule has 1 atom stereocenters. The Bertz CT molecular complexity index is 1830. The molecule has 10 heteroatoms. The molecule has 0 bridgehead atoms. The molecule has 1 aliphatic rings. The Morgan fingerprint density at radius 1 is 1.07 bits per heavy atom. The van der Waals surface area contributed by atoms with Gasteiger partial charge < -0.3 is 14.2 Å². The first-order valence-corrected chi connectivity index (χ1v) is 13.8. The van der Waals surface area contributed by atoms with E-state index in [1.807, 2.05) is 48.5 Å². The number of halogens is 2. The van der Waals surface area contributed by atoms with Gasteiger partial charge in [-0.25, -0.2) is 9.79 Å². The summed E-state index contributed by atoms with van der Waals surface area (Å²) >= 11 is 13.8. The van der Waals surface area contributed by atoms with Crippen LogP contribution in [0.25, 0.3) is 6.08 Å². The Hall–Kier alpha value is -3.85. The van der Waals surface area contributed by atoms with Crippen molar-refractivity contribution < 1.29 is 19.0 Å². The quantitative estimate of drug-likeness (QED) is 0.271. The average Bonchev–Trinajstić information content (AvgIpc) is 3.25. The van der Waals surface area contributed by atoms with Gasteiger partial charge in [0.15, 0.2) is 4.80 Å². The van der Waals surface area contributed by atoms with E-state index in [1.165, 1.54) is 30.1 Å². The standard InChI is InChI=1S/C30H24Cl2N2O5S/c1-17-26(29(36)38-3)27(22-15-20(31)11-12-24(22)37-2)34-28(35)25(40-30(34)33-17)14-18-7-6-9-21(13-18)39-16-19-8-4-5-10-23(19)32/h4-15,27H,16H2,1-3H3/b25-14-/t27-/m1/s1. The molecule has 2 heterocycles. The van der Waals surface area contributed by atoms with E-state index < -0.39 is 12.0 Å². The summed E-state index contributed by atoms with van der Waals surface area (Å²) in [4.78, 5) is 31.8. The van der Waals surface area contributed by atoms with Crippen LogP contribution in [0.3, 0.4) is 0 Å². The number of carbonyl (C=O) groups is 1. The molecule has 0 saturated heterocycles. The summed E-state index contributed by atoms with van der Waals surface area (Å²) in [5.41, 5.74) is 2.55. The number of ether oxygens (including phenoxy) is 3. The van der Waals surface area contributed by atoms with Crippen molar-refractivity contribution >= 4 is 46.6 Å². The van der Waals surface area contributed by atoms with E-state index in [2.05, 4.69) is 4.99 Å². The Kier molecular flexibility index (Phi) is 8.12. The zero-order chi connectivity index (χ0) is 28.4. The first-order chi connectivity index (χ1) is 19.3. The molecule has 0 amide bonds. The molecule has 1 aromatic heterocycles. The minimum absolute atomic E-state index is 0.233. The molecule has 0 aliphatic carbocycles. The lowest BCUT2D eigenvalue weighted by atomic mass is 9.95. The fourth-order valence-electron chi connectivity index (χ4n) is 4.53. The Morgan fingerprint density at radius 3 is 2.62 bits per heavy atom. The van der Waals surface area contributed by atoms with Gasteiger partial charge in [0.25, 0.3) is 5.56 Å². The van der Waals surface area contributed by atoms with Crippen molar-refractivity contribution in [1.82, 2.24) is 4.57 Å². The van der Waals surface area contributed by atoms with Gasteiger partial charge >= 0.3 is 5.97 Å². The highest BCUT2D eigenvalue weighted by Crippen LogP contribution is 2.37. The van der Waals surface area contributed by atoms with Crippen LogP contribution in [0.4, 0.5) is 0 Å². The van der Waals surface area contributed by atoms with Crippen LogP contribution in [-0.2, 0) is 16.1 Å². The van der Waals surface area contributed by atoms with Crippen molar-refractivity contribution in [2.24, 2.45) is 4.99 Å². The van der Waals surface area contributed by atoms with Crippen molar-refractivity contribution in [2.75, 3.05) is 14.2 Å². The number of allylic oxidation sites excluding steroid dienone is 1. The second-order valence-corrected chi connectivity index (χ2v) is 10.8. The highest BCUT2D eigenvalue weighted by atomic mass is 35.5. The molecule has 0 fully saturated rings. The van der Waals surface area contributed by atoms with Crippen LogP contribution in [0.15, 0.2) is 87.8 Å². The monoisotopic (exact) mass is 594 g/mol. The number of aromatic nitrogens is 1. The molecule has 0 N–H and O–H groups in total. The number of benzene rings is 3. The molecular formula is C30H24Cl2N2O5S. The zero-order valence-corrected chi connectivity index (χ0v) is 24.1. The molecule has 0 radical (unpaired) electrons. The molecule has 3 aromatic carbocycles. The maximum absolute atomic E-state index is 13.9. The van der Waals surface area contributed by atoms with Crippen LogP contribution in [0.5, 0.6) is 11.5 Å². The lowest BCUT2D eigenvalue weighted by Gasteiger charge is -2.25. The molecule has 204 valence electrons. The summed E-state index contributed by atoms with van der Waals surface area (Å²) in [6.07, 6.45) is 1.77. The molecular weight excluding hydrogens is 571 g/mol. The van der Waals surface area contributed by atoms with Crippen molar-refractivity contribution in [3.63, 3.8) is 0 Å². The van der Waals surface area contributed by atoms with Crippen molar-refractivity contribution in [3.8, 4) is 11.5 Å². The van der Waals surface area contributed by atoms with Crippen LogP contribution >= 0.6 is 34.5 Å². The summed E-state index contributed by atoms with van der Waals surface area (Å²) < 4.78 is 18.5. The van der Waals surface area contributed by atoms with E-state index in [1.54, 1.807) is 31.2 Å². The first kappa shape index (κ1) is 27.7. The second-order valence-electron chi connectivity index (χ2n) is 8.91. The zero-order valence-electron chi connectivity index (χ0n) is 21.8.